The summed E-state index contributed by atoms with van der Waals surface area (Å²) in [7, 11) is 1.58. The molecule has 0 aromatic heterocycles. The summed E-state index contributed by atoms with van der Waals surface area (Å²) in [6.07, 6.45) is 0. The molecule has 0 radical (unpaired) electrons. The monoisotopic (exact) mass is 298 g/mol. The fraction of sp³-hybridized carbons (Fsp3) is 0.125. The van der Waals surface area contributed by atoms with E-state index in [-0.39, 0.29) is 18.4 Å². The minimum atomic E-state index is -0.256. The lowest BCUT2D eigenvalue weighted by atomic mass is 10.1. The molecule has 2 amide bonds. The topological polar surface area (TPSA) is 76.7 Å². The van der Waals surface area contributed by atoms with Crippen LogP contribution in [-0.2, 0) is 4.79 Å². The average Bonchev–Trinajstić information content (AvgIpc) is 2.55. The van der Waals surface area contributed by atoms with Crippen molar-refractivity contribution in [1.82, 2.24) is 0 Å². The highest BCUT2D eigenvalue weighted by Crippen LogP contribution is 2.28. The van der Waals surface area contributed by atoms with Crippen LogP contribution < -0.4 is 20.1 Å². The van der Waals surface area contributed by atoms with E-state index in [0.717, 1.165) is 5.75 Å². The number of amides is 2. The van der Waals surface area contributed by atoms with E-state index in [4.69, 9.17) is 9.47 Å². The van der Waals surface area contributed by atoms with Crippen LogP contribution in [0.1, 0.15) is 10.4 Å². The first-order chi connectivity index (χ1) is 10.7. The number of hydrogen-bond donors (Lipinski definition) is 2. The summed E-state index contributed by atoms with van der Waals surface area (Å²) in [6, 6.07) is 11.9. The minimum absolute atomic E-state index is 0.0451. The van der Waals surface area contributed by atoms with Crippen LogP contribution in [-0.4, -0.2) is 25.5 Å². The zero-order valence-corrected chi connectivity index (χ0v) is 11.9. The van der Waals surface area contributed by atoms with E-state index in [1.165, 1.54) is 0 Å². The predicted octanol–water partition coefficient (Wildman–Crippen LogP) is 2.28. The molecule has 22 heavy (non-hydrogen) atoms. The molecule has 0 unspecified atom stereocenters. The van der Waals surface area contributed by atoms with Crippen molar-refractivity contribution in [2.45, 2.75) is 0 Å². The van der Waals surface area contributed by atoms with Gasteiger partial charge < -0.3 is 20.1 Å². The van der Waals surface area contributed by atoms with Gasteiger partial charge in [-0.2, -0.15) is 0 Å². The SMILES string of the molecule is COc1ccc(NC(=O)c2ccc3c(c2)OCC(=O)N3)cc1. The average molecular weight is 298 g/mol. The van der Waals surface area contributed by atoms with Gasteiger partial charge >= 0.3 is 0 Å². The summed E-state index contributed by atoms with van der Waals surface area (Å²) in [4.78, 5) is 23.4. The molecule has 2 N–H and O–H groups in total. The molecule has 3 rings (SSSR count). The number of ether oxygens (including phenoxy) is 2. The maximum Gasteiger partial charge on any atom is 0.262 e. The molecule has 0 atom stereocenters. The van der Waals surface area contributed by atoms with E-state index in [0.29, 0.717) is 22.7 Å². The second kappa shape index (κ2) is 5.77. The number of fused-ring (bicyclic) bond motifs is 1. The van der Waals surface area contributed by atoms with Gasteiger partial charge in [0.15, 0.2) is 6.61 Å². The number of carbonyl (C=O) groups is 2. The normalized spacial score (nSPS) is 12.7. The number of rotatable bonds is 3. The van der Waals surface area contributed by atoms with Gasteiger partial charge in [0.25, 0.3) is 11.8 Å². The Morgan fingerprint density at radius 3 is 2.73 bits per heavy atom. The lowest BCUT2D eigenvalue weighted by Gasteiger charge is -2.18. The van der Waals surface area contributed by atoms with Gasteiger partial charge in [-0.25, -0.2) is 0 Å². The fourth-order valence-electron chi connectivity index (χ4n) is 2.09. The second-order valence-electron chi connectivity index (χ2n) is 4.73. The number of carbonyl (C=O) groups excluding carboxylic acids is 2. The zero-order chi connectivity index (χ0) is 15.5. The van der Waals surface area contributed by atoms with E-state index < -0.39 is 0 Å². The number of methoxy groups -OCH3 is 1. The molecule has 112 valence electrons. The third kappa shape index (κ3) is 2.85. The number of benzene rings is 2. The van der Waals surface area contributed by atoms with E-state index in [2.05, 4.69) is 10.6 Å². The van der Waals surface area contributed by atoms with Crippen LogP contribution >= 0.6 is 0 Å². The van der Waals surface area contributed by atoms with Crippen molar-refractivity contribution in [3.63, 3.8) is 0 Å². The molecule has 2 aromatic rings. The van der Waals surface area contributed by atoms with Crippen LogP contribution in [0.15, 0.2) is 42.5 Å². The molecule has 6 heteroatoms. The summed E-state index contributed by atoms with van der Waals surface area (Å²) in [6.45, 7) is -0.0451. The summed E-state index contributed by atoms with van der Waals surface area (Å²) in [5, 5.41) is 5.47. The van der Waals surface area contributed by atoms with Crippen LogP contribution in [0.4, 0.5) is 11.4 Å². The van der Waals surface area contributed by atoms with Crippen LogP contribution in [0.3, 0.4) is 0 Å². The molecule has 0 bridgehead atoms. The Kier molecular flexibility index (Phi) is 3.65. The highest BCUT2D eigenvalue weighted by molar-refractivity contribution is 6.05. The summed E-state index contributed by atoms with van der Waals surface area (Å²) in [5.41, 5.74) is 1.68. The largest absolute Gasteiger partial charge is 0.497 e. The second-order valence-corrected chi connectivity index (χ2v) is 4.73. The first-order valence-corrected chi connectivity index (χ1v) is 6.68. The molecule has 0 aliphatic carbocycles. The molecule has 6 nitrogen and oxygen atoms in total. The van der Waals surface area contributed by atoms with E-state index in [1.807, 2.05) is 0 Å². The van der Waals surface area contributed by atoms with Gasteiger partial charge in [0.05, 0.1) is 12.8 Å². The van der Waals surface area contributed by atoms with Crippen LogP contribution in [0.25, 0.3) is 0 Å². The van der Waals surface area contributed by atoms with Crippen molar-refractivity contribution >= 4 is 23.2 Å². The summed E-state index contributed by atoms with van der Waals surface area (Å²) in [5.74, 6) is 0.745. The van der Waals surface area contributed by atoms with Crippen LogP contribution in [0.5, 0.6) is 11.5 Å². The lowest BCUT2D eigenvalue weighted by Crippen LogP contribution is -2.25. The highest BCUT2D eigenvalue weighted by atomic mass is 16.5. The van der Waals surface area contributed by atoms with Crippen LogP contribution in [0.2, 0.25) is 0 Å². The van der Waals surface area contributed by atoms with Gasteiger partial charge in [-0.15, -0.1) is 0 Å². The van der Waals surface area contributed by atoms with Crippen molar-refractivity contribution in [3.8, 4) is 11.5 Å². The minimum Gasteiger partial charge on any atom is -0.497 e. The summed E-state index contributed by atoms with van der Waals surface area (Å²) < 4.78 is 10.4. The summed E-state index contributed by atoms with van der Waals surface area (Å²) >= 11 is 0. The molecule has 0 spiro atoms. The van der Waals surface area contributed by atoms with Gasteiger partial charge in [0, 0.05) is 11.3 Å². The maximum atomic E-state index is 12.2. The Hall–Kier alpha value is -3.02. The zero-order valence-electron chi connectivity index (χ0n) is 11.9. The molecule has 2 aromatic carbocycles. The Morgan fingerprint density at radius 1 is 1.23 bits per heavy atom. The molecule has 1 aliphatic rings. The third-order valence-corrected chi connectivity index (χ3v) is 3.22. The molecular weight excluding hydrogens is 284 g/mol. The molecule has 0 saturated heterocycles. The first kappa shape index (κ1) is 13.9. The molecule has 0 fully saturated rings. The van der Waals surface area contributed by atoms with E-state index >= 15 is 0 Å². The van der Waals surface area contributed by atoms with Crippen molar-refractivity contribution in [2.24, 2.45) is 0 Å². The number of hydrogen-bond acceptors (Lipinski definition) is 4. The van der Waals surface area contributed by atoms with E-state index in [1.54, 1.807) is 49.6 Å². The Bertz CT molecular complexity index is 725. The lowest BCUT2D eigenvalue weighted by molar-refractivity contribution is -0.118. The number of nitrogens with one attached hydrogen (secondary N) is 2. The van der Waals surface area contributed by atoms with Crippen LogP contribution in [0, 0.1) is 0 Å². The van der Waals surface area contributed by atoms with Crippen molar-refractivity contribution in [2.75, 3.05) is 24.4 Å². The standard InChI is InChI=1S/C16H14N2O4/c1-21-12-5-3-11(4-6-12)17-16(20)10-2-7-13-14(8-10)22-9-15(19)18-13/h2-8H,9H2,1H3,(H,17,20)(H,18,19). The molecule has 0 saturated carbocycles. The van der Waals surface area contributed by atoms with E-state index in [9.17, 15) is 9.59 Å². The van der Waals surface area contributed by atoms with Gasteiger partial charge in [0.1, 0.15) is 11.5 Å². The first-order valence-electron chi connectivity index (χ1n) is 6.68. The van der Waals surface area contributed by atoms with Gasteiger partial charge in [-0.05, 0) is 42.5 Å². The molecule has 1 heterocycles. The molecule has 1 aliphatic heterocycles. The maximum absolute atomic E-state index is 12.2. The van der Waals surface area contributed by atoms with Gasteiger partial charge in [-0.3, -0.25) is 9.59 Å². The quantitative estimate of drug-likeness (QED) is 0.911. The van der Waals surface area contributed by atoms with Gasteiger partial charge in [0.2, 0.25) is 0 Å². The smallest absolute Gasteiger partial charge is 0.262 e. The van der Waals surface area contributed by atoms with Crippen molar-refractivity contribution in [1.29, 1.82) is 0 Å². The Labute approximate surface area is 127 Å². The Balaban J connectivity index is 1.76. The van der Waals surface area contributed by atoms with Gasteiger partial charge in [-0.1, -0.05) is 0 Å². The fourth-order valence-corrected chi connectivity index (χ4v) is 2.09. The number of anilines is 2. The predicted molar refractivity (Wildman–Crippen MR) is 81.5 cm³/mol. The highest BCUT2D eigenvalue weighted by Gasteiger charge is 2.17. The third-order valence-electron chi connectivity index (χ3n) is 3.22. The Morgan fingerprint density at radius 2 is 2.00 bits per heavy atom. The van der Waals surface area contributed by atoms with Crippen molar-refractivity contribution in [3.05, 3.63) is 48.0 Å². The van der Waals surface area contributed by atoms with Crippen molar-refractivity contribution < 1.29 is 19.1 Å². The molecular formula is C16H14N2O4.